The summed E-state index contributed by atoms with van der Waals surface area (Å²) in [5.74, 6) is 0.767. The Morgan fingerprint density at radius 2 is 2.37 bits per heavy atom. The topological polar surface area (TPSA) is 50.7 Å². The molecule has 4 heteroatoms. The van der Waals surface area contributed by atoms with Gasteiger partial charge in [-0.05, 0) is 37.5 Å². The molecule has 106 valence electrons. The molecule has 3 unspecified atom stereocenters. The highest BCUT2D eigenvalue weighted by Crippen LogP contribution is 2.20. The van der Waals surface area contributed by atoms with Gasteiger partial charge in [0.1, 0.15) is 5.75 Å². The Hall–Kier alpha value is -1.10. The van der Waals surface area contributed by atoms with E-state index in [2.05, 4.69) is 12.2 Å². The summed E-state index contributed by atoms with van der Waals surface area (Å²) in [6, 6.07) is 7.80. The number of aliphatic hydroxyl groups is 1. The molecule has 19 heavy (non-hydrogen) atoms. The van der Waals surface area contributed by atoms with Crippen molar-refractivity contribution in [2.75, 3.05) is 20.3 Å². The fourth-order valence-electron chi connectivity index (χ4n) is 2.39. The van der Waals surface area contributed by atoms with Crippen molar-refractivity contribution in [2.24, 2.45) is 0 Å². The van der Waals surface area contributed by atoms with E-state index in [0.717, 1.165) is 30.8 Å². The average molecular weight is 265 g/mol. The molecule has 1 aromatic carbocycles. The van der Waals surface area contributed by atoms with Gasteiger partial charge in [-0.25, -0.2) is 0 Å². The third-order valence-corrected chi connectivity index (χ3v) is 3.63. The van der Waals surface area contributed by atoms with Crippen molar-refractivity contribution in [1.29, 1.82) is 0 Å². The van der Waals surface area contributed by atoms with Crippen molar-refractivity contribution in [1.82, 2.24) is 5.32 Å². The summed E-state index contributed by atoms with van der Waals surface area (Å²) < 4.78 is 10.8. The van der Waals surface area contributed by atoms with E-state index in [1.807, 2.05) is 24.3 Å². The van der Waals surface area contributed by atoms with E-state index in [9.17, 15) is 5.11 Å². The summed E-state index contributed by atoms with van der Waals surface area (Å²) in [6.07, 6.45) is 1.98. The maximum Gasteiger partial charge on any atom is 0.119 e. The molecule has 1 aliphatic heterocycles. The second-order valence-electron chi connectivity index (χ2n) is 5.04. The Labute approximate surface area is 114 Å². The lowest BCUT2D eigenvalue weighted by Crippen LogP contribution is -2.39. The lowest BCUT2D eigenvalue weighted by atomic mass is 10.1. The first kappa shape index (κ1) is 14.3. The number of nitrogens with one attached hydrogen (secondary N) is 1. The zero-order chi connectivity index (χ0) is 13.7. The molecule has 1 aliphatic rings. The SMILES string of the molecule is COc1cccc(C(O)CNC(C)C2CCCO2)c1. The van der Waals surface area contributed by atoms with Crippen LogP contribution in [0.2, 0.25) is 0 Å². The zero-order valence-corrected chi connectivity index (χ0v) is 11.6. The monoisotopic (exact) mass is 265 g/mol. The van der Waals surface area contributed by atoms with Crippen LogP contribution in [0.25, 0.3) is 0 Å². The molecule has 1 aromatic rings. The molecular weight excluding hydrogens is 242 g/mol. The fraction of sp³-hybridized carbons (Fsp3) is 0.600. The Balaban J connectivity index is 1.84. The van der Waals surface area contributed by atoms with Crippen molar-refractivity contribution >= 4 is 0 Å². The van der Waals surface area contributed by atoms with Crippen LogP contribution < -0.4 is 10.1 Å². The van der Waals surface area contributed by atoms with Gasteiger partial charge in [-0.15, -0.1) is 0 Å². The molecule has 0 spiro atoms. The molecule has 0 bridgehead atoms. The Kier molecular flexibility index (Phi) is 5.19. The van der Waals surface area contributed by atoms with Crippen LogP contribution in [0.1, 0.15) is 31.4 Å². The normalized spacial score (nSPS) is 22.2. The maximum atomic E-state index is 10.2. The van der Waals surface area contributed by atoms with Gasteiger partial charge in [0.05, 0.1) is 19.3 Å². The minimum atomic E-state index is -0.529. The highest BCUT2D eigenvalue weighted by atomic mass is 16.5. The molecule has 1 fully saturated rings. The summed E-state index contributed by atoms with van der Waals surface area (Å²) in [5.41, 5.74) is 0.867. The highest BCUT2D eigenvalue weighted by molar-refractivity contribution is 5.29. The number of hydrogen-bond acceptors (Lipinski definition) is 4. The molecule has 0 amide bonds. The average Bonchev–Trinajstić information content (AvgIpc) is 2.98. The van der Waals surface area contributed by atoms with Crippen LogP contribution in [0, 0.1) is 0 Å². The van der Waals surface area contributed by atoms with Crippen molar-refractivity contribution < 1.29 is 14.6 Å². The summed E-state index contributed by atoms with van der Waals surface area (Å²) in [4.78, 5) is 0. The van der Waals surface area contributed by atoms with Crippen LogP contribution in [-0.2, 0) is 4.74 Å². The van der Waals surface area contributed by atoms with Gasteiger partial charge in [-0.1, -0.05) is 12.1 Å². The molecule has 3 atom stereocenters. The van der Waals surface area contributed by atoms with Crippen molar-refractivity contribution in [3.8, 4) is 5.75 Å². The van der Waals surface area contributed by atoms with E-state index in [1.54, 1.807) is 7.11 Å². The largest absolute Gasteiger partial charge is 0.497 e. The van der Waals surface area contributed by atoms with Gasteiger partial charge in [0, 0.05) is 19.2 Å². The van der Waals surface area contributed by atoms with E-state index >= 15 is 0 Å². The summed E-state index contributed by atoms with van der Waals surface area (Å²) >= 11 is 0. The molecule has 2 rings (SSSR count). The van der Waals surface area contributed by atoms with Crippen molar-refractivity contribution in [3.05, 3.63) is 29.8 Å². The lowest BCUT2D eigenvalue weighted by Gasteiger charge is -2.22. The van der Waals surface area contributed by atoms with Crippen LogP contribution in [-0.4, -0.2) is 37.5 Å². The van der Waals surface area contributed by atoms with Gasteiger partial charge < -0.3 is 19.9 Å². The molecule has 2 N–H and O–H groups in total. The van der Waals surface area contributed by atoms with Gasteiger partial charge in [0.25, 0.3) is 0 Å². The van der Waals surface area contributed by atoms with Gasteiger partial charge >= 0.3 is 0 Å². The fourth-order valence-corrected chi connectivity index (χ4v) is 2.39. The van der Waals surface area contributed by atoms with Crippen LogP contribution in [0.15, 0.2) is 24.3 Å². The first-order chi connectivity index (χ1) is 9.20. The summed E-state index contributed by atoms with van der Waals surface area (Å²) in [7, 11) is 1.63. The minimum Gasteiger partial charge on any atom is -0.497 e. The van der Waals surface area contributed by atoms with Crippen LogP contribution in [0.4, 0.5) is 0 Å². The molecule has 0 aromatic heterocycles. The molecule has 1 saturated heterocycles. The highest BCUT2D eigenvalue weighted by Gasteiger charge is 2.22. The van der Waals surface area contributed by atoms with E-state index in [4.69, 9.17) is 9.47 Å². The predicted octanol–water partition coefficient (Wildman–Crippen LogP) is 1.89. The number of aliphatic hydroxyl groups excluding tert-OH is 1. The first-order valence-corrected chi connectivity index (χ1v) is 6.87. The van der Waals surface area contributed by atoms with E-state index in [0.29, 0.717) is 6.54 Å². The number of methoxy groups -OCH3 is 1. The second kappa shape index (κ2) is 6.89. The third-order valence-electron chi connectivity index (χ3n) is 3.63. The molecule has 0 saturated carbocycles. The van der Waals surface area contributed by atoms with Crippen LogP contribution in [0.3, 0.4) is 0 Å². The van der Waals surface area contributed by atoms with Crippen LogP contribution >= 0.6 is 0 Å². The zero-order valence-electron chi connectivity index (χ0n) is 11.6. The lowest BCUT2D eigenvalue weighted by molar-refractivity contribution is 0.0765. The molecule has 1 heterocycles. The smallest absolute Gasteiger partial charge is 0.119 e. The number of ether oxygens (including phenoxy) is 2. The molecule has 0 radical (unpaired) electrons. The minimum absolute atomic E-state index is 0.266. The standard InChI is InChI=1S/C15H23NO3/c1-11(15-7-4-8-19-15)16-10-14(17)12-5-3-6-13(9-12)18-2/h3,5-6,9,11,14-17H,4,7-8,10H2,1-2H3. The quantitative estimate of drug-likeness (QED) is 0.824. The Morgan fingerprint density at radius 3 is 3.05 bits per heavy atom. The summed E-state index contributed by atoms with van der Waals surface area (Å²) in [6.45, 7) is 3.48. The third kappa shape index (κ3) is 3.93. The van der Waals surface area contributed by atoms with E-state index in [1.165, 1.54) is 0 Å². The number of benzene rings is 1. The second-order valence-corrected chi connectivity index (χ2v) is 5.04. The van der Waals surface area contributed by atoms with Gasteiger partial charge in [0.2, 0.25) is 0 Å². The van der Waals surface area contributed by atoms with Crippen molar-refractivity contribution in [3.63, 3.8) is 0 Å². The summed E-state index contributed by atoms with van der Waals surface area (Å²) in [5, 5.41) is 13.5. The number of hydrogen-bond donors (Lipinski definition) is 2. The Morgan fingerprint density at radius 1 is 1.53 bits per heavy atom. The predicted molar refractivity (Wildman–Crippen MR) is 74.4 cm³/mol. The van der Waals surface area contributed by atoms with E-state index in [-0.39, 0.29) is 12.1 Å². The van der Waals surface area contributed by atoms with Crippen LogP contribution in [0.5, 0.6) is 5.75 Å². The Bertz CT molecular complexity index is 391. The molecule has 0 aliphatic carbocycles. The van der Waals surface area contributed by atoms with Gasteiger partial charge in [-0.2, -0.15) is 0 Å². The van der Waals surface area contributed by atoms with Crippen molar-refractivity contribution in [2.45, 2.75) is 38.0 Å². The van der Waals surface area contributed by atoms with Gasteiger partial charge in [0.15, 0.2) is 0 Å². The van der Waals surface area contributed by atoms with E-state index < -0.39 is 6.10 Å². The maximum absolute atomic E-state index is 10.2. The van der Waals surface area contributed by atoms with Gasteiger partial charge in [-0.3, -0.25) is 0 Å². The first-order valence-electron chi connectivity index (χ1n) is 6.87. The molecule has 4 nitrogen and oxygen atoms in total. The number of rotatable bonds is 6. The molecular formula is C15H23NO3.